The number of piperidine rings is 1. The molecule has 0 bridgehead atoms. The molecule has 1 saturated heterocycles. The maximum absolute atomic E-state index is 12.0. The normalized spacial score (nSPS) is 17.6. The first kappa shape index (κ1) is 14.1. The molecule has 2 rings (SSSR count). The van der Waals surface area contributed by atoms with E-state index in [2.05, 4.69) is 22.5 Å². The van der Waals surface area contributed by atoms with Crippen molar-refractivity contribution in [2.75, 3.05) is 13.1 Å². The number of amides is 2. The summed E-state index contributed by atoms with van der Waals surface area (Å²) >= 11 is 0. The second-order valence-corrected chi connectivity index (χ2v) is 4.60. The van der Waals surface area contributed by atoms with Crippen LogP contribution in [-0.4, -0.2) is 30.9 Å². The van der Waals surface area contributed by atoms with Crippen LogP contribution in [0, 0.1) is 11.8 Å². The number of hydrogen-bond donors (Lipinski definition) is 3. The molecule has 0 aromatic heterocycles. The molecule has 1 unspecified atom stereocenters. The first-order valence-electron chi connectivity index (χ1n) is 6.55. The van der Waals surface area contributed by atoms with Crippen LogP contribution in [0.1, 0.15) is 28.8 Å². The predicted octanol–water partition coefficient (Wildman–Crippen LogP) is 0.00520. The van der Waals surface area contributed by atoms with Gasteiger partial charge in [0.1, 0.15) is 0 Å². The van der Waals surface area contributed by atoms with Gasteiger partial charge in [-0.15, -0.1) is 0 Å². The van der Waals surface area contributed by atoms with Gasteiger partial charge in [0, 0.05) is 30.1 Å². The summed E-state index contributed by atoms with van der Waals surface area (Å²) in [4.78, 5) is 23.1. The van der Waals surface area contributed by atoms with Crippen LogP contribution >= 0.6 is 0 Å². The molecule has 104 valence electrons. The van der Waals surface area contributed by atoms with Crippen molar-refractivity contribution in [3.8, 4) is 11.8 Å². The summed E-state index contributed by atoms with van der Waals surface area (Å²) < 4.78 is 0. The fraction of sp³-hybridized carbons (Fsp3) is 0.333. The Bertz CT molecular complexity index is 545. The molecule has 2 amide bonds. The Kier molecular flexibility index (Phi) is 4.75. The van der Waals surface area contributed by atoms with Crippen molar-refractivity contribution in [1.29, 1.82) is 0 Å². The van der Waals surface area contributed by atoms with E-state index >= 15 is 0 Å². The molecule has 5 heteroatoms. The van der Waals surface area contributed by atoms with Crippen LogP contribution in [0.2, 0.25) is 0 Å². The van der Waals surface area contributed by atoms with Gasteiger partial charge in [0.15, 0.2) is 0 Å². The van der Waals surface area contributed by atoms with Crippen molar-refractivity contribution in [2.24, 2.45) is 5.73 Å². The molecule has 1 aliphatic heterocycles. The Morgan fingerprint density at radius 2 is 2.15 bits per heavy atom. The predicted molar refractivity (Wildman–Crippen MR) is 75.9 cm³/mol. The average Bonchev–Trinajstić information content (AvgIpc) is 2.48. The van der Waals surface area contributed by atoms with Crippen LogP contribution in [-0.2, 0) is 4.79 Å². The van der Waals surface area contributed by atoms with Crippen LogP contribution in [0.3, 0.4) is 0 Å². The Balaban J connectivity index is 1.93. The van der Waals surface area contributed by atoms with E-state index in [0.29, 0.717) is 31.5 Å². The van der Waals surface area contributed by atoms with E-state index in [-0.39, 0.29) is 17.9 Å². The van der Waals surface area contributed by atoms with E-state index in [1.807, 2.05) is 0 Å². The third-order valence-corrected chi connectivity index (χ3v) is 3.08. The minimum atomic E-state index is -0.135. The summed E-state index contributed by atoms with van der Waals surface area (Å²) in [5, 5.41) is 5.65. The van der Waals surface area contributed by atoms with E-state index in [9.17, 15) is 9.59 Å². The van der Waals surface area contributed by atoms with Crippen LogP contribution < -0.4 is 16.4 Å². The first-order valence-corrected chi connectivity index (χ1v) is 6.55. The molecular weight excluding hydrogens is 254 g/mol. The Hall–Kier alpha value is -2.32. The SMILES string of the molecule is NCC#Cc1ccc(C(=O)NC2CCC(=O)NC2)cc1. The molecule has 20 heavy (non-hydrogen) atoms. The lowest BCUT2D eigenvalue weighted by molar-refractivity contribution is -0.122. The highest BCUT2D eigenvalue weighted by atomic mass is 16.2. The van der Waals surface area contributed by atoms with Gasteiger partial charge in [-0.05, 0) is 30.7 Å². The summed E-state index contributed by atoms with van der Waals surface area (Å²) in [6.45, 7) is 0.806. The largest absolute Gasteiger partial charge is 0.354 e. The highest BCUT2D eigenvalue weighted by Gasteiger charge is 2.19. The second-order valence-electron chi connectivity index (χ2n) is 4.60. The third-order valence-electron chi connectivity index (χ3n) is 3.08. The summed E-state index contributed by atoms with van der Waals surface area (Å²) in [5.74, 6) is 5.57. The monoisotopic (exact) mass is 271 g/mol. The quantitative estimate of drug-likeness (QED) is 0.662. The Morgan fingerprint density at radius 1 is 1.40 bits per heavy atom. The van der Waals surface area contributed by atoms with Gasteiger partial charge in [-0.2, -0.15) is 0 Å². The van der Waals surface area contributed by atoms with Crippen molar-refractivity contribution in [2.45, 2.75) is 18.9 Å². The van der Waals surface area contributed by atoms with Gasteiger partial charge in [-0.1, -0.05) is 11.8 Å². The molecule has 1 heterocycles. The van der Waals surface area contributed by atoms with Crippen molar-refractivity contribution >= 4 is 11.8 Å². The molecule has 4 N–H and O–H groups in total. The van der Waals surface area contributed by atoms with Gasteiger partial charge in [0.05, 0.1) is 6.54 Å². The van der Waals surface area contributed by atoms with Crippen LogP contribution in [0.5, 0.6) is 0 Å². The molecule has 5 nitrogen and oxygen atoms in total. The van der Waals surface area contributed by atoms with E-state index in [4.69, 9.17) is 5.73 Å². The molecule has 1 fully saturated rings. The van der Waals surface area contributed by atoms with Crippen molar-refractivity contribution in [3.05, 3.63) is 35.4 Å². The number of nitrogens with two attached hydrogens (primary N) is 1. The van der Waals surface area contributed by atoms with Gasteiger partial charge in [-0.3, -0.25) is 9.59 Å². The maximum Gasteiger partial charge on any atom is 0.251 e. The van der Waals surface area contributed by atoms with Gasteiger partial charge in [-0.25, -0.2) is 0 Å². The molecule has 1 atom stereocenters. The molecule has 0 saturated carbocycles. The van der Waals surface area contributed by atoms with E-state index in [0.717, 1.165) is 5.56 Å². The van der Waals surface area contributed by atoms with Crippen molar-refractivity contribution in [3.63, 3.8) is 0 Å². The summed E-state index contributed by atoms with van der Waals surface area (Å²) in [5.41, 5.74) is 6.71. The molecule has 1 aromatic rings. The molecule has 0 spiro atoms. The lowest BCUT2D eigenvalue weighted by Crippen LogP contribution is -2.47. The van der Waals surface area contributed by atoms with Crippen LogP contribution in [0.15, 0.2) is 24.3 Å². The van der Waals surface area contributed by atoms with Crippen LogP contribution in [0.4, 0.5) is 0 Å². The smallest absolute Gasteiger partial charge is 0.251 e. The van der Waals surface area contributed by atoms with Gasteiger partial charge in [0.25, 0.3) is 5.91 Å². The number of carbonyl (C=O) groups is 2. The summed E-state index contributed by atoms with van der Waals surface area (Å²) in [6, 6.07) is 7.05. The summed E-state index contributed by atoms with van der Waals surface area (Å²) in [7, 11) is 0. The lowest BCUT2D eigenvalue weighted by Gasteiger charge is -2.23. The van der Waals surface area contributed by atoms with Gasteiger partial charge in [0.2, 0.25) is 5.91 Å². The van der Waals surface area contributed by atoms with Gasteiger partial charge >= 0.3 is 0 Å². The second kappa shape index (κ2) is 6.73. The molecule has 1 aromatic carbocycles. The number of carbonyl (C=O) groups excluding carboxylic acids is 2. The van der Waals surface area contributed by atoms with E-state index in [1.54, 1.807) is 24.3 Å². The van der Waals surface area contributed by atoms with Crippen molar-refractivity contribution in [1.82, 2.24) is 10.6 Å². The zero-order valence-electron chi connectivity index (χ0n) is 11.1. The number of nitrogens with one attached hydrogen (secondary N) is 2. The molecule has 0 radical (unpaired) electrons. The third kappa shape index (κ3) is 3.84. The fourth-order valence-corrected chi connectivity index (χ4v) is 1.98. The lowest BCUT2D eigenvalue weighted by atomic mass is 10.1. The number of hydrogen-bond acceptors (Lipinski definition) is 3. The topological polar surface area (TPSA) is 84.2 Å². The van der Waals surface area contributed by atoms with E-state index in [1.165, 1.54) is 0 Å². The maximum atomic E-state index is 12.0. The standard InChI is InChI=1S/C15H17N3O2/c16-9-1-2-11-3-5-12(6-4-11)15(20)18-13-7-8-14(19)17-10-13/h3-6,13H,7-10,16H2,(H,17,19)(H,18,20). The zero-order chi connectivity index (χ0) is 14.4. The zero-order valence-corrected chi connectivity index (χ0v) is 11.1. The molecule has 1 aliphatic rings. The minimum Gasteiger partial charge on any atom is -0.354 e. The molecular formula is C15H17N3O2. The van der Waals surface area contributed by atoms with Crippen molar-refractivity contribution < 1.29 is 9.59 Å². The Labute approximate surface area is 117 Å². The average molecular weight is 271 g/mol. The fourth-order valence-electron chi connectivity index (χ4n) is 1.98. The first-order chi connectivity index (χ1) is 9.69. The Morgan fingerprint density at radius 3 is 2.75 bits per heavy atom. The van der Waals surface area contributed by atoms with Gasteiger partial charge < -0.3 is 16.4 Å². The summed E-state index contributed by atoms with van der Waals surface area (Å²) in [6.07, 6.45) is 1.14. The van der Waals surface area contributed by atoms with Crippen LogP contribution in [0.25, 0.3) is 0 Å². The minimum absolute atomic E-state index is 0.00286. The van der Waals surface area contributed by atoms with E-state index < -0.39 is 0 Å². The highest BCUT2D eigenvalue weighted by Crippen LogP contribution is 2.07. The number of rotatable bonds is 2. The highest BCUT2D eigenvalue weighted by molar-refractivity contribution is 5.94. The number of benzene rings is 1. The molecule has 0 aliphatic carbocycles.